The average molecular weight is 437 g/mol. The van der Waals surface area contributed by atoms with Crippen molar-refractivity contribution in [3.8, 4) is 0 Å². The summed E-state index contributed by atoms with van der Waals surface area (Å²) in [6.07, 6.45) is 0.392. The van der Waals surface area contributed by atoms with E-state index in [4.69, 9.17) is 0 Å². The summed E-state index contributed by atoms with van der Waals surface area (Å²) < 4.78 is 28.2. The lowest BCUT2D eigenvalue weighted by Gasteiger charge is -2.10. The molecular formula is C22H16N2O4S2. The monoisotopic (exact) mass is 436 g/mol. The van der Waals surface area contributed by atoms with Crippen molar-refractivity contribution >= 4 is 54.7 Å². The molecule has 1 saturated heterocycles. The number of para-hydroxylation sites is 1. The predicted molar refractivity (Wildman–Crippen MR) is 117 cm³/mol. The van der Waals surface area contributed by atoms with Gasteiger partial charge >= 0.3 is 0 Å². The van der Waals surface area contributed by atoms with E-state index in [1.165, 1.54) is 3.97 Å². The summed E-state index contributed by atoms with van der Waals surface area (Å²) in [4.78, 5) is 23.6. The SMILES string of the molecule is O=C1NC(=O)C(Cc2ccc3c(c2)c2ccccc2n3S(=O)(=O)c2ccccc2)S1. The van der Waals surface area contributed by atoms with Gasteiger partial charge in [0.2, 0.25) is 5.91 Å². The molecule has 2 amide bonds. The second-order valence-corrected chi connectivity index (χ2v) is 10.0. The van der Waals surface area contributed by atoms with Crippen LogP contribution in [0.25, 0.3) is 21.8 Å². The van der Waals surface area contributed by atoms with Gasteiger partial charge in [0.1, 0.15) is 0 Å². The second-order valence-electron chi connectivity index (χ2n) is 7.04. The van der Waals surface area contributed by atoms with E-state index in [9.17, 15) is 18.0 Å². The molecular weight excluding hydrogens is 420 g/mol. The lowest BCUT2D eigenvalue weighted by atomic mass is 10.1. The van der Waals surface area contributed by atoms with Gasteiger partial charge < -0.3 is 0 Å². The number of fused-ring (bicyclic) bond motifs is 3. The topological polar surface area (TPSA) is 85.2 Å². The molecule has 1 aromatic heterocycles. The number of hydrogen-bond donors (Lipinski definition) is 1. The van der Waals surface area contributed by atoms with Crippen LogP contribution in [0.5, 0.6) is 0 Å². The molecule has 3 aromatic carbocycles. The number of hydrogen-bond acceptors (Lipinski definition) is 5. The molecule has 0 bridgehead atoms. The number of amides is 2. The molecule has 8 heteroatoms. The van der Waals surface area contributed by atoms with Crippen molar-refractivity contribution in [3.05, 3.63) is 78.4 Å². The highest BCUT2D eigenvalue weighted by Crippen LogP contribution is 2.34. The number of rotatable bonds is 4. The Labute approximate surface area is 176 Å². The summed E-state index contributed by atoms with van der Waals surface area (Å²) in [6.45, 7) is 0. The fourth-order valence-corrected chi connectivity index (χ4v) is 6.22. The van der Waals surface area contributed by atoms with Gasteiger partial charge in [0.25, 0.3) is 15.3 Å². The predicted octanol–water partition coefficient (Wildman–Crippen LogP) is 3.93. The minimum absolute atomic E-state index is 0.217. The van der Waals surface area contributed by atoms with Crippen LogP contribution in [0.3, 0.4) is 0 Å². The van der Waals surface area contributed by atoms with E-state index in [2.05, 4.69) is 5.32 Å². The Bertz CT molecular complexity index is 1430. The van der Waals surface area contributed by atoms with Crippen molar-refractivity contribution in [2.24, 2.45) is 0 Å². The highest BCUT2D eigenvalue weighted by atomic mass is 32.2. The molecule has 2 heterocycles. The normalized spacial score (nSPS) is 17.0. The van der Waals surface area contributed by atoms with E-state index in [1.54, 1.807) is 42.5 Å². The molecule has 1 atom stereocenters. The van der Waals surface area contributed by atoms with Crippen LogP contribution in [0, 0.1) is 0 Å². The molecule has 0 radical (unpaired) electrons. The van der Waals surface area contributed by atoms with Crippen molar-refractivity contribution in [2.75, 3.05) is 0 Å². The van der Waals surface area contributed by atoms with Crippen LogP contribution < -0.4 is 5.32 Å². The fraction of sp³-hybridized carbons (Fsp3) is 0.0909. The number of thioether (sulfide) groups is 1. The quantitative estimate of drug-likeness (QED) is 0.524. The molecule has 30 heavy (non-hydrogen) atoms. The van der Waals surface area contributed by atoms with Gasteiger partial charge in [0, 0.05) is 10.8 Å². The first-order valence-corrected chi connectivity index (χ1v) is 11.6. The third-order valence-electron chi connectivity index (χ3n) is 5.16. The first-order chi connectivity index (χ1) is 14.4. The lowest BCUT2D eigenvalue weighted by molar-refractivity contribution is -0.118. The molecule has 1 aliphatic heterocycles. The van der Waals surface area contributed by atoms with E-state index < -0.39 is 15.3 Å². The van der Waals surface area contributed by atoms with Gasteiger partial charge in [-0.25, -0.2) is 12.4 Å². The van der Waals surface area contributed by atoms with Gasteiger partial charge in [-0.2, -0.15) is 0 Å². The van der Waals surface area contributed by atoms with Crippen LogP contribution in [0.15, 0.2) is 77.7 Å². The van der Waals surface area contributed by atoms with Crippen LogP contribution in [0.4, 0.5) is 4.79 Å². The van der Waals surface area contributed by atoms with Crippen molar-refractivity contribution in [2.45, 2.75) is 16.6 Å². The number of benzene rings is 3. The summed E-state index contributed by atoms with van der Waals surface area (Å²) >= 11 is 0.984. The maximum atomic E-state index is 13.4. The van der Waals surface area contributed by atoms with Gasteiger partial charge in [0.05, 0.1) is 21.2 Å². The molecule has 0 saturated carbocycles. The van der Waals surface area contributed by atoms with Crippen molar-refractivity contribution in [1.29, 1.82) is 0 Å². The first-order valence-electron chi connectivity index (χ1n) is 9.29. The van der Waals surface area contributed by atoms with Crippen LogP contribution >= 0.6 is 11.8 Å². The zero-order chi connectivity index (χ0) is 20.9. The van der Waals surface area contributed by atoms with Crippen molar-refractivity contribution in [1.82, 2.24) is 9.29 Å². The third kappa shape index (κ3) is 3.00. The molecule has 6 nitrogen and oxygen atoms in total. The maximum Gasteiger partial charge on any atom is 0.286 e. The zero-order valence-electron chi connectivity index (χ0n) is 15.6. The Kier molecular flexibility index (Phi) is 4.41. The summed E-state index contributed by atoms with van der Waals surface area (Å²) in [7, 11) is -3.80. The van der Waals surface area contributed by atoms with Crippen molar-refractivity contribution < 1.29 is 18.0 Å². The number of nitrogens with one attached hydrogen (secondary N) is 1. The molecule has 4 aromatic rings. The van der Waals surface area contributed by atoms with E-state index in [-0.39, 0.29) is 16.0 Å². The average Bonchev–Trinajstić information content (AvgIpc) is 3.25. The Morgan fingerprint density at radius 2 is 1.57 bits per heavy atom. The molecule has 0 spiro atoms. The number of aromatic nitrogens is 1. The van der Waals surface area contributed by atoms with E-state index >= 15 is 0 Å². The van der Waals surface area contributed by atoms with Gasteiger partial charge in [-0.05, 0) is 42.3 Å². The number of nitrogens with zero attached hydrogens (tertiary/aromatic N) is 1. The second kappa shape index (κ2) is 7.00. The minimum Gasteiger partial charge on any atom is -0.286 e. The van der Waals surface area contributed by atoms with Gasteiger partial charge in [-0.1, -0.05) is 54.2 Å². The molecule has 150 valence electrons. The number of carbonyl (C=O) groups is 2. The minimum atomic E-state index is -3.80. The molecule has 1 fully saturated rings. The lowest BCUT2D eigenvalue weighted by Crippen LogP contribution is -2.25. The van der Waals surface area contributed by atoms with Crippen LogP contribution in [-0.4, -0.2) is 28.8 Å². The summed E-state index contributed by atoms with van der Waals surface area (Å²) in [5.74, 6) is -0.292. The van der Waals surface area contributed by atoms with E-state index in [0.717, 1.165) is 28.1 Å². The Morgan fingerprint density at radius 1 is 0.867 bits per heavy atom. The standard InChI is InChI=1S/C22H16N2O4S2/c25-21-20(29-22(26)23-21)13-14-10-11-19-17(12-14)16-8-4-5-9-18(16)24(19)30(27,28)15-6-2-1-3-7-15/h1-12,20H,13H2,(H,23,25,26). The van der Waals surface area contributed by atoms with Gasteiger partial charge in [0.15, 0.2) is 0 Å². The Morgan fingerprint density at radius 3 is 2.30 bits per heavy atom. The maximum absolute atomic E-state index is 13.4. The first kappa shape index (κ1) is 18.9. The van der Waals surface area contributed by atoms with Crippen LogP contribution in [-0.2, 0) is 21.2 Å². The van der Waals surface area contributed by atoms with E-state index in [0.29, 0.717) is 17.5 Å². The fourth-order valence-electron chi connectivity index (χ4n) is 3.81. The summed E-state index contributed by atoms with van der Waals surface area (Å²) in [5, 5.41) is 3.09. The number of imide groups is 1. The molecule has 1 unspecified atom stereocenters. The molecule has 0 aliphatic carbocycles. The van der Waals surface area contributed by atoms with Gasteiger partial charge in [-0.15, -0.1) is 0 Å². The Balaban J connectivity index is 1.69. The zero-order valence-corrected chi connectivity index (χ0v) is 17.2. The third-order valence-corrected chi connectivity index (χ3v) is 7.89. The molecule has 1 N–H and O–H groups in total. The highest BCUT2D eigenvalue weighted by molar-refractivity contribution is 8.15. The van der Waals surface area contributed by atoms with Crippen LogP contribution in [0.2, 0.25) is 0 Å². The summed E-state index contributed by atoms with van der Waals surface area (Å²) in [6, 6.07) is 21.2. The van der Waals surface area contributed by atoms with Crippen LogP contribution in [0.1, 0.15) is 5.56 Å². The number of carbonyl (C=O) groups excluding carboxylic acids is 2. The largest absolute Gasteiger partial charge is 0.286 e. The highest BCUT2D eigenvalue weighted by Gasteiger charge is 2.31. The van der Waals surface area contributed by atoms with Crippen molar-refractivity contribution in [3.63, 3.8) is 0 Å². The smallest absolute Gasteiger partial charge is 0.286 e. The summed E-state index contributed by atoms with van der Waals surface area (Å²) in [5.41, 5.74) is 2.03. The van der Waals surface area contributed by atoms with Gasteiger partial charge in [-0.3, -0.25) is 14.9 Å². The molecule has 5 rings (SSSR count). The molecule has 1 aliphatic rings. The van der Waals surface area contributed by atoms with E-state index in [1.807, 2.05) is 30.3 Å². The Hall–Kier alpha value is -3.10.